The molecule has 1 atom stereocenters. The SMILES string of the molecule is CCCC(c1cccc(C)c1)c1ccccc1C. The molecule has 0 aliphatic heterocycles. The molecule has 0 bridgehead atoms. The monoisotopic (exact) mass is 238 g/mol. The molecule has 0 N–H and O–H groups in total. The van der Waals surface area contributed by atoms with E-state index in [2.05, 4.69) is 69.3 Å². The van der Waals surface area contributed by atoms with Crippen LogP contribution in [0.15, 0.2) is 48.5 Å². The molecule has 0 aromatic heterocycles. The molecule has 0 nitrogen and oxygen atoms in total. The lowest BCUT2D eigenvalue weighted by Gasteiger charge is -2.20. The highest BCUT2D eigenvalue weighted by Gasteiger charge is 2.14. The third-order valence-electron chi connectivity index (χ3n) is 3.59. The number of aryl methyl sites for hydroxylation is 2. The summed E-state index contributed by atoms with van der Waals surface area (Å²) in [6.45, 7) is 6.65. The van der Waals surface area contributed by atoms with Crippen molar-refractivity contribution in [2.75, 3.05) is 0 Å². The van der Waals surface area contributed by atoms with Gasteiger partial charge in [-0.1, -0.05) is 67.4 Å². The van der Waals surface area contributed by atoms with Crippen molar-refractivity contribution in [3.8, 4) is 0 Å². The highest BCUT2D eigenvalue weighted by molar-refractivity contribution is 5.38. The minimum Gasteiger partial charge on any atom is -0.0653 e. The zero-order chi connectivity index (χ0) is 13.0. The van der Waals surface area contributed by atoms with Crippen LogP contribution in [0.4, 0.5) is 0 Å². The van der Waals surface area contributed by atoms with Crippen molar-refractivity contribution < 1.29 is 0 Å². The van der Waals surface area contributed by atoms with Crippen molar-refractivity contribution in [2.24, 2.45) is 0 Å². The Kier molecular flexibility index (Phi) is 4.19. The minimum atomic E-state index is 0.538. The van der Waals surface area contributed by atoms with Crippen LogP contribution in [0.5, 0.6) is 0 Å². The Balaban J connectivity index is 2.43. The Hall–Kier alpha value is -1.56. The summed E-state index contributed by atoms with van der Waals surface area (Å²) in [5.74, 6) is 0.538. The summed E-state index contributed by atoms with van der Waals surface area (Å²) >= 11 is 0. The normalized spacial score (nSPS) is 12.4. The molecular weight excluding hydrogens is 216 g/mol. The second kappa shape index (κ2) is 5.86. The first-order chi connectivity index (χ1) is 8.72. The van der Waals surface area contributed by atoms with Crippen molar-refractivity contribution in [3.05, 3.63) is 70.8 Å². The number of benzene rings is 2. The Morgan fingerprint density at radius 2 is 1.72 bits per heavy atom. The first-order valence-corrected chi connectivity index (χ1v) is 6.84. The van der Waals surface area contributed by atoms with E-state index in [1.54, 1.807) is 0 Å². The maximum atomic E-state index is 2.33. The standard InChI is InChI=1S/C18H22/c1-4-8-18(16-11-7-9-14(2)13-16)17-12-6-5-10-15(17)3/h5-7,9-13,18H,4,8H2,1-3H3. The molecule has 0 saturated heterocycles. The van der Waals surface area contributed by atoms with E-state index in [1.807, 2.05) is 0 Å². The molecule has 2 aromatic carbocycles. The number of hydrogen-bond donors (Lipinski definition) is 0. The van der Waals surface area contributed by atoms with Gasteiger partial charge >= 0.3 is 0 Å². The van der Waals surface area contributed by atoms with Crippen molar-refractivity contribution in [1.82, 2.24) is 0 Å². The van der Waals surface area contributed by atoms with Crippen molar-refractivity contribution in [2.45, 2.75) is 39.5 Å². The molecule has 0 aliphatic carbocycles. The average Bonchev–Trinajstić information content (AvgIpc) is 2.37. The smallest absolute Gasteiger partial charge is 0.00919 e. The highest BCUT2D eigenvalue weighted by atomic mass is 14.2. The van der Waals surface area contributed by atoms with Crippen LogP contribution in [0.2, 0.25) is 0 Å². The van der Waals surface area contributed by atoms with Crippen LogP contribution in [-0.4, -0.2) is 0 Å². The van der Waals surface area contributed by atoms with Gasteiger partial charge in [0.05, 0.1) is 0 Å². The second-order valence-electron chi connectivity index (χ2n) is 5.11. The van der Waals surface area contributed by atoms with E-state index in [0.29, 0.717) is 5.92 Å². The number of hydrogen-bond acceptors (Lipinski definition) is 0. The molecule has 94 valence electrons. The van der Waals surface area contributed by atoms with E-state index in [1.165, 1.54) is 35.1 Å². The summed E-state index contributed by atoms with van der Waals surface area (Å²) in [6.07, 6.45) is 2.43. The fourth-order valence-electron chi connectivity index (χ4n) is 2.66. The lowest BCUT2D eigenvalue weighted by atomic mass is 9.85. The van der Waals surface area contributed by atoms with Gasteiger partial charge in [-0.25, -0.2) is 0 Å². The van der Waals surface area contributed by atoms with Crippen LogP contribution in [0.1, 0.15) is 47.9 Å². The molecule has 0 spiro atoms. The van der Waals surface area contributed by atoms with Gasteiger partial charge in [0.15, 0.2) is 0 Å². The number of rotatable bonds is 4. The lowest BCUT2D eigenvalue weighted by Crippen LogP contribution is -2.03. The van der Waals surface area contributed by atoms with E-state index in [-0.39, 0.29) is 0 Å². The topological polar surface area (TPSA) is 0 Å². The Morgan fingerprint density at radius 1 is 0.944 bits per heavy atom. The molecule has 18 heavy (non-hydrogen) atoms. The summed E-state index contributed by atoms with van der Waals surface area (Å²) in [7, 11) is 0. The molecule has 0 heterocycles. The summed E-state index contributed by atoms with van der Waals surface area (Å²) in [5, 5.41) is 0. The molecule has 0 fully saturated rings. The zero-order valence-electron chi connectivity index (χ0n) is 11.6. The Labute approximate surface area is 111 Å². The molecule has 0 amide bonds. The molecule has 0 aliphatic rings. The van der Waals surface area contributed by atoms with Gasteiger partial charge in [0.2, 0.25) is 0 Å². The van der Waals surface area contributed by atoms with E-state index >= 15 is 0 Å². The Bertz CT molecular complexity index is 511. The molecule has 0 heteroatoms. The van der Waals surface area contributed by atoms with E-state index < -0.39 is 0 Å². The molecule has 1 unspecified atom stereocenters. The lowest BCUT2D eigenvalue weighted by molar-refractivity contribution is 0.694. The average molecular weight is 238 g/mol. The van der Waals surface area contributed by atoms with E-state index in [9.17, 15) is 0 Å². The maximum Gasteiger partial charge on any atom is 0.00919 e. The van der Waals surface area contributed by atoms with Gasteiger partial charge in [0.25, 0.3) is 0 Å². The molecule has 0 radical (unpaired) electrons. The fourth-order valence-corrected chi connectivity index (χ4v) is 2.66. The van der Waals surface area contributed by atoms with Gasteiger partial charge < -0.3 is 0 Å². The van der Waals surface area contributed by atoms with Gasteiger partial charge in [-0.2, -0.15) is 0 Å². The minimum absolute atomic E-state index is 0.538. The van der Waals surface area contributed by atoms with Gasteiger partial charge in [0.1, 0.15) is 0 Å². The summed E-state index contributed by atoms with van der Waals surface area (Å²) in [5.41, 5.74) is 5.68. The predicted octanol–water partition coefficient (Wildman–Crippen LogP) is 5.24. The van der Waals surface area contributed by atoms with Crippen molar-refractivity contribution in [1.29, 1.82) is 0 Å². The van der Waals surface area contributed by atoms with Gasteiger partial charge in [0, 0.05) is 5.92 Å². The third kappa shape index (κ3) is 2.81. The van der Waals surface area contributed by atoms with Crippen molar-refractivity contribution in [3.63, 3.8) is 0 Å². The predicted molar refractivity (Wildman–Crippen MR) is 79.1 cm³/mol. The summed E-state index contributed by atoms with van der Waals surface area (Å²) in [4.78, 5) is 0. The summed E-state index contributed by atoms with van der Waals surface area (Å²) in [6, 6.07) is 17.7. The van der Waals surface area contributed by atoms with Crippen molar-refractivity contribution >= 4 is 0 Å². The van der Waals surface area contributed by atoms with E-state index in [0.717, 1.165) is 0 Å². The highest BCUT2D eigenvalue weighted by Crippen LogP contribution is 2.31. The first kappa shape index (κ1) is 12.9. The van der Waals surface area contributed by atoms with Gasteiger partial charge in [-0.15, -0.1) is 0 Å². The van der Waals surface area contributed by atoms with Crippen LogP contribution >= 0.6 is 0 Å². The third-order valence-corrected chi connectivity index (χ3v) is 3.59. The molecule has 2 rings (SSSR count). The Morgan fingerprint density at radius 3 is 2.39 bits per heavy atom. The van der Waals surface area contributed by atoms with Crippen LogP contribution in [0, 0.1) is 13.8 Å². The van der Waals surface area contributed by atoms with Gasteiger partial charge in [-0.05, 0) is 37.0 Å². The van der Waals surface area contributed by atoms with Gasteiger partial charge in [-0.3, -0.25) is 0 Å². The van der Waals surface area contributed by atoms with Crippen LogP contribution < -0.4 is 0 Å². The quantitative estimate of drug-likeness (QED) is 0.683. The molecule has 2 aromatic rings. The first-order valence-electron chi connectivity index (χ1n) is 6.84. The van der Waals surface area contributed by atoms with Crippen LogP contribution in [0.25, 0.3) is 0 Å². The largest absolute Gasteiger partial charge is 0.0653 e. The molecular formula is C18H22. The fraction of sp³-hybridized carbons (Fsp3) is 0.333. The van der Waals surface area contributed by atoms with Crippen LogP contribution in [0.3, 0.4) is 0 Å². The summed E-state index contributed by atoms with van der Waals surface area (Å²) < 4.78 is 0. The second-order valence-corrected chi connectivity index (χ2v) is 5.11. The van der Waals surface area contributed by atoms with E-state index in [4.69, 9.17) is 0 Å². The zero-order valence-corrected chi connectivity index (χ0v) is 11.6. The van der Waals surface area contributed by atoms with Crippen LogP contribution in [-0.2, 0) is 0 Å². The maximum absolute atomic E-state index is 2.33. The molecule has 0 saturated carbocycles.